The molecule has 1 atom stereocenters. The predicted octanol–water partition coefficient (Wildman–Crippen LogP) is 2.60. The lowest BCUT2D eigenvalue weighted by Crippen LogP contribution is -2.47. The Bertz CT molecular complexity index is 652. The van der Waals surface area contributed by atoms with Crippen LogP contribution in [-0.4, -0.2) is 53.6 Å². The first-order valence-electron chi connectivity index (χ1n) is 8.20. The zero-order chi connectivity index (χ0) is 16.9. The van der Waals surface area contributed by atoms with Crippen LogP contribution in [-0.2, 0) is 4.74 Å². The molecule has 24 heavy (non-hydrogen) atoms. The molecule has 0 aromatic carbocycles. The second kappa shape index (κ2) is 7.72. The van der Waals surface area contributed by atoms with Crippen LogP contribution >= 0.6 is 11.3 Å². The van der Waals surface area contributed by atoms with Gasteiger partial charge in [0.25, 0.3) is 0 Å². The van der Waals surface area contributed by atoms with E-state index < -0.39 is 0 Å². The van der Waals surface area contributed by atoms with E-state index in [-0.39, 0.29) is 5.97 Å². The quantitative estimate of drug-likeness (QED) is 0.776. The van der Waals surface area contributed by atoms with Crippen molar-refractivity contribution in [3.63, 3.8) is 0 Å². The molecule has 128 valence electrons. The molecule has 3 rings (SSSR count). The summed E-state index contributed by atoms with van der Waals surface area (Å²) < 4.78 is 4.98. The minimum Gasteiger partial charge on any atom is -0.462 e. The first-order chi connectivity index (χ1) is 11.7. The number of hydrogen-bond donors (Lipinski definition) is 0. The molecule has 7 heteroatoms. The van der Waals surface area contributed by atoms with E-state index in [0.29, 0.717) is 18.2 Å². The summed E-state index contributed by atoms with van der Waals surface area (Å²) in [6, 6.07) is 4.03. The first-order valence-corrected chi connectivity index (χ1v) is 9.08. The molecular weight excluding hydrogens is 324 g/mol. The molecule has 1 unspecified atom stereocenters. The summed E-state index contributed by atoms with van der Waals surface area (Å²) in [7, 11) is 0. The monoisotopic (exact) mass is 346 g/mol. The van der Waals surface area contributed by atoms with Crippen molar-refractivity contribution in [3.05, 3.63) is 40.5 Å². The van der Waals surface area contributed by atoms with E-state index >= 15 is 0 Å². The van der Waals surface area contributed by atoms with Crippen LogP contribution in [0.25, 0.3) is 0 Å². The molecule has 2 aromatic heterocycles. The van der Waals surface area contributed by atoms with E-state index in [0.717, 1.165) is 32.0 Å². The van der Waals surface area contributed by atoms with E-state index in [1.807, 2.05) is 17.6 Å². The van der Waals surface area contributed by atoms with Gasteiger partial charge in [0.1, 0.15) is 10.8 Å². The highest BCUT2D eigenvalue weighted by atomic mass is 32.1. The van der Waals surface area contributed by atoms with Crippen LogP contribution in [0.3, 0.4) is 0 Å². The van der Waals surface area contributed by atoms with Gasteiger partial charge in [-0.3, -0.25) is 4.90 Å². The maximum atomic E-state index is 11.7. The Morgan fingerprint density at radius 1 is 1.29 bits per heavy atom. The normalized spacial score (nSPS) is 16.8. The lowest BCUT2D eigenvalue weighted by molar-refractivity contribution is 0.0526. The van der Waals surface area contributed by atoms with Crippen LogP contribution in [0.15, 0.2) is 29.9 Å². The van der Waals surface area contributed by atoms with Crippen molar-refractivity contribution in [2.75, 3.05) is 37.7 Å². The number of nitrogens with zero attached hydrogens (tertiary/aromatic N) is 4. The molecule has 0 saturated carbocycles. The van der Waals surface area contributed by atoms with Crippen molar-refractivity contribution < 1.29 is 9.53 Å². The molecule has 0 amide bonds. The van der Waals surface area contributed by atoms with E-state index in [1.54, 1.807) is 30.5 Å². The third-order valence-corrected chi connectivity index (χ3v) is 5.20. The molecule has 1 aliphatic heterocycles. The number of piperazine rings is 1. The Hall–Kier alpha value is -1.99. The fourth-order valence-electron chi connectivity index (χ4n) is 2.84. The standard InChI is InChI=1S/C17H22N4O2S/c1-3-23-17(22)14-4-5-15(19-12-14)21-9-7-20(8-10-21)13(2)16-18-6-11-24-16/h4-6,11-13H,3,7-10H2,1-2H3. The molecule has 3 heterocycles. The minimum atomic E-state index is -0.321. The number of carbonyl (C=O) groups excluding carboxylic acids is 1. The van der Waals surface area contributed by atoms with Gasteiger partial charge in [-0.05, 0) is 26.0 Å². The number of carbonyl (C=O) groups is 1. The van der Waals surface area contributed by atoms with E-state index in [1.165, 1.54) is 5.01 Å². The van der Waals surface area contributed by atoms with Gasteiger partial charge in [-0.1, -0.05) is 0 Å². The first kappa shape index (κ1) is 16.9. The van der Waals surface area contributed by atoms with Crippen LogP contribution in [0, 0.1) is 0 Å². The number of hydrogen-bond acceptors (Lipinski definition) is 7. The molecule has 0 radical (unpaired) electrons. The number of pyridine rings is 1. The lowest BCUT2D eigenvalue weighted by atomic mass is 10.2. The summed E-state index contributed by atoms with van der Waals surface area (Å²) in [6.45, 7) is 8.17. The van der Waals surface area contributed by atoms with Gasteiger partial charge in [-0.2, -0.15) is 0 Å². The number of thiazole rings is 1. The highest BCUT2D eigenvalue weighted by Crippen LogP contribution is 2.24. The minimum absolute atomic E-state index is 0.321. The Morgan fingerprint density at radius 3 is 2.67 bits per heavy atom. The summed E-state index contributed by atoms with van der Waals surface area (Å²) in [5.41, 5.74) is 0.497. The topological polar surface area (TPSA) is 58.6 Å². The van der Waals surface area contributed by atoms with Crippen molar-refractivity contribution >= 4 is 23.1 Å². The van der Waals surface area contributed by atoms with Crippen molar-refractivity contribution in [1.29, 1.82) is 0 Å². The summed E-state index contributed by atoms with van der Waals surface area (Å²) in [5, 5.41) is 3.19. The second-order valence-electron chi connectivity index (χ2n) is 5.69. The Balaban J connectivity index is 1.57. The Morgan fingerprint density at radius 2 is 2.08 bits per heavy atom. The Kier molecular flexibility index (Phi) is 5.42. The summed E-state index contributed by atoms with van der Waals surface area (Å²) in [4.78, 5) is 25.2. The highest BCUT2D eigenvalue weighted by Gasteiger charge is 2.24. The molecule has 0 spiro atoms. The van der Waals surface area contributed by atoms with Gasteiger partial charge in [-0.25, -0.2) is 14.8 Å². The second-order valence-corrected chi connectivity index (χ2v) is 6.62. The fraction of sp³-hybridized carbons (Fsp3) is 0.471. The molecule has 0 N–H and O–H groups in total. The zero-order valence-electron chi connectivity index (χ0n) is 14.0. The van der Waals surface area contributed by atoms with E-state index in [2.05, 4.69) is 26.7 Å². The third-order valence-electron chi connectivity index (χ3n) is 4.25. The van der Waals surface area contributed by atoms with Crippen LogP contribution in [0.1, 0.15) is 35.3 Å². The molecule has 0 bridgehead atoms. The van der Waals surface area contributed by atoms with Gasteiger partial charge < -0.3 is 9.64 Å². The summed E-state index contributed by atoms with van der Waals surface area (Å²) in [6.07, 6.45) is 3.46. The number of esters is 1. The molecule has 6 nitrogen and oxygen atoms in total. The fourth-order valence-corrected chi connectivity index (χ4v) is 3.57. The van der Waals surface area contributed by atoms with Gasteiger partial charge in [0.15, 0.2) is 0 Å². The van der Waals surface area contributed by atoms with Gasteiger partial charge >= 0.3 is 5.97 Å². The Labute approximate surface area is 146 Å². The number of ether oxygens (including phenoxy) is 1. The van der Waals surface area contributed by atoms with Gasteiger partial charge in [0.05, 0.1) is 18.2 Å². The predicted molar refractivity (Wildman–Crippen MR) is 94.5 cm³/mol. The summed E-state index contributed by atoms with van der Waals surface area (Å²) >= 11 is 1.71. The largest absolute Gasteiger partial charge is 0.462 e. The van der Waals surface area contributed by atoms with Crippen molar-refractivity contribution in [3.8, 4) is 0 Å². The molecule has 2 aromatic rings. The number of anilines is 1. The van der Waals surface area contributed by atoms with Crippen LogP contribution in [0.5, 0.6) is 0 Å². The average Bonchev–Trinajstić information content (AvgIpc) is 3.16. The molecule has 1 fully saturated rings. The van der Waals surface area contributed by atoms with Crippen molar-refractivity contribution in [2.45, 2.75) is 19.9 Å². The van der Waals surface area contributed by atoms with Crippen molar-refractivity contribution in [2.24, 2.45) is 0 Å². The van der Waals surface area contributed by atoms with Gasteiger partial charge in [0, 0.05) is 44.0 Å². The zero-order valence-corrected chi connectivity index (χ0v) is 14.8. The van der Waals surface area contributed by atoms with Crippen LogP contribution in [0.2, 0.25) is 0 Å². The lowest BCUT2D eigenvalue weighted by Gasteiger charge is -2.37. The van der Waals surface area contributed by atoms with Crippen LogP contribution in [0.4, 0.5) is 5.82 Å². The smallest absolute Gasteiger partial charge is 0.339 e. The third kappa shape index (κ3) is 3.73. The molecule has 0 aliphatic carbocycles. The number of rotatable bonds is 5. The summed E-state index contributed by atoms with van der Waals surface area (Å²) in [5.74, 6) is 0.586. The highest BCUT2D eigenvalue weighted by molar-refractivity contribution is 7.09. The molecule has 1 aliphatic rings. The average molecular weight is 346 g/mol. The van der Waals surface area contributed by atoms with Gasteiger partial charge in [0.2, 0.25) is 0 Å². The van der Waals surface area contributed by atoms with E-state index in [9.17, 15) is 4.79 Å². The number of aromatic nitrogens is 2. The maximum Gasteiger partial charge on any atom is 0.339 e. The van der Waals surface area contributed by atoms with E-state index in [4.69, 9.17) is 4.74 Å². The molecule has 1 saturated heterocycles. The SMILES string of the molecule is CCOC(=O)c1ccc(N2CCN(C(C)c3nccs3)CC2)nc1. The maximum absolute atomic E-state index is 11.7. The van der Waals surface area contributed by atoms with Crippen LogP contribution < -0.4 is 4.90 Å². The molecular formula is C17H22N4O2S. The van der Waals surface area contributed by atoms with Crippen molar-refractivity contribution in [1.82, 2.24) is 14.9 Å². The van der Waals surface area contributed by atoms with Gasteiger partial charge in [-0.15, -0.1) is 11.3 Å².